The number of nitrogens with one attached hydrogen (secondary N) is 2. The van der Waals surface area contributed by atoms with Crippen LogP contribution in [-0.2, 0) is 6.54 Å². The van der Waals surface area contributed by atoms with E-state index in [1.165, 1.54) is 5.56 Å². The first-order valence-corrected chi connectivity index (χ1v) is 7.85. The Morgan fingerprint density at radius 1 is 1.16 bits per heavy atom. The second-order valence-corrected chi connectivity index (χ2v) is 5.19. The number of benzene rings is 1. The lowest BCUT2D eigenvalue weighted by Gasteiger charge is -2.13. The number of rotatable bonds is 7. The third-order valence-corrected chi connectivity index (χ3v) is 3.40. The van der Waals surface area contributed by atoms with Gasteiger partial charge in [0.2, 0.25) is 5.88 Å². The lowest BCUT2D eigenvalue weighted by molar-refractivity contribution is 0.322. The predicted octanol–water partition coefficient (Wildman–Crippen LogP) is 2.76. The lowest BCUT2D eigenvalue weighted by Crippen LogP contribution is -2.38. The van der Waals surface area contributed by atoms with Gasteiger partial charge in [-0.25, -0.2) is 4.98 Å². The number of guanidine groups is 1. The number of aryl methyl sites for hydroxylation is 1. The first-order valence-electron chi connectivity index (χ1n) is 7.85. The summed E-state index contributed by atoms with van der Waals surface area (Å²) in [7, 11) is 3.35. The fourth-order valence-electron chi connectivity index (χ4n) is 2.11. The molecule has 136 valence electrons. The molecule has 0 bridgehead atoms. The summed E-state index contributed by atoms with van der Waals surface area (Å²) in [6.07, 6.45) is 1.71. The molecule has 0 unspecified atom stereocenters. The van der Waals surface area contributed by atoms with Crippen molar-refractivity contribution in [1.29, 1.82) is 0 Å². The number of aliphatic imine (C=N–C) groups is 1. The van der Waals surface area contributed by atoms with Crippen molar-refractivity contribution in [2.24, 2.45) is 4.99 Å². The quantitative estimate of drug-likeness (QED) is 0.290. The number of nitrogens with zero attached hydrogens (tertiary/aromatic N) is 2. The largest absolute Gasteiger partial charge is 0.492 e. The number of pyridine rings is 1. The van der Waals surface area contributed by atoms with E-state index in [0.29, 0.717) is 31.5 Å². The highest BCUT2D eigenvalue weighted by atomic mass is 127. The minimum Gasteiger partial charge on any atom is -0.492 e. The van der Waals surface area contributed by atoms with Crippen molar-refractivity contribution in [2.75, 3.05) is 27.3 Å². The lowest BCUT2D eigenvalue weighted by atomic mass is 10.2. The monoisotopic (exact) mass is 456 g/mol. The Hall–Kier alpha value is -2.03. The molecule has 6 nitrogen and oxygen atoms in total. The Labute approximate surface area is 166 Å². The Bertz CT molecular complexity index is 662. The van der Waals surface area contributed by atoms with Gasteiger partial charge in [0.25, 0.3) is 0 Å². The molecule has 1 aromatic carbocycles. The predicted molar refractivity (Wildman–Crippen MR) is 111 cm³/mol. The van der Waals surface area contributed by atoms with E-state index in [1.807, 2.05) is 36.4 Å². The fraction of sp³-hybridized carbons (Fsp3) is 0.333. The molecule has 2 aromatic rings. The van der Waals surface area contributed by atoms with E-state index < -0.39 is 0 Å². The number of aromatic nitrogens is 1. The molecule has 2 N–H and O–H groups in total. The first-order chi connectivity index (χ1) is 11.7. The molecule has 1 heterocycles. The molecule has 0 aliphatic carbocycles. The molecule has 1 aromatic heterocycles. The van der Waals surface area contributed by atoms with Crippen molar-refractivity contribution in [3.63, 3.8) is 0 Å². The summed E-state index contributed by atoms with van der Waals surface area (Å²) in [6, 6.07) is 11.8. The topological polar surface area (TPSA) is 67.8 Å². The summed E-state index contributed by atoms with van der Waals surface area (Å²) in [5.74, 6) is 2.18. The smallest absolute Gasteiger partial charge is 0.218 e. The molecule has 0 aliphatic rings. The molecule has 0 amide bonds. The van der Waals surface area contributed by atoms with Gasteiger partial charge < -0.3 is 20.1 Å². The molecule has 0 spiro atoms. The van der Waals surface area contributed by atoms with Crippen LogP contribution in [0.2, 0.25) is 0 Å². The summed E-state index contributed by atoms with van der Waals surface area (Å²) < 4.78 is 10.9. The van der Waals surface area contributed by atoms with E-state index in [0.717, 1.165) is 11.3 Å². The molecular weight excluding hydrogens is 431 g/mol. The molecule has 2 rings (SSSR count). The van der Waals surface area contributed by atoms with E-state index in [-0.39, 0.29) is 24.0 Å². The molecule has 25 heavy (non-hydrogen) atoms. The van der Waals surface area contributed by atoms with Crippen LogP contribution in [0, 0.1) is 6.92 Å². The molecular formula is C18H25IN4O2. The van der Waals surface area contributed by atoms with Crippen LogP contribution >= 0.6 is 24.0 Å². The van der Waals surface area contributed by atoms with Crippen LogP contribution in [0.25, 0.3) is 0 Å². The third kappa shape index (κ3) is 7.16. The van der Waals surface area contributed by atoms with Crippen LogP contribution in [0.3, 0.4) is 0 Å². The first kappa shape index (κ1) is 21.0. The number of methoxy groups -OCH3 is 1. The molecule has 0 saturated heterocycles. The zero-order valence-corrected chi connectivity index (χ0v) is 17.1. The van der Waals surface area contributed by atoms with E-state index in [2.05, 4.69) is 27.5 Å². The van der Waals surface area contributed by atoms with Crippen LogP contribution < -0.4 is 20.1 Å². The Morgan fingerprint density at radius 2 is 1.92 bits per heavy atom. The second-order valence-electron chi connectivity index (χ2n) is 5.19. The number of ether oxygens (including phenoxy) is 2. The van der Waals surface area contributed by atoms with E-state index in [4.69, 9.17) is 9.47 Å². The van der Waals surface area contributed by atoms with E-state index in [1.54, 1.807) is 20.4 Å². The maximum absolute atomic E-state index is 5.68. The summed E-state index contributed by atoms with van der Waals surface area (Å²) in [5, 5.41) is 6.44. The molecule has 0 aliphatic heterocycles. The van der Waals surface area contributed by atoms with Gasteiger partial charge in [-0.05, 0) is 25.1 Å². The SMILES string of the molecule is CN=C(NCCOc1ccc(C)cc1)NCc1cccnc1OC.I. The van der Waals surface area contributed by atoms with Crippen molar-refractivity contribution in [1.82, 2.24) is 15.6 Å². The summed E-state index contributed by atoms with van der Waals surface area (Å²) in [5.41, 5.74) is 2.19. The standard InChI is InChI=1S/C18H24N4O2.HI/c1-14-6-8-16(9-7-14)24-12-11-21-18(19-2)22-13-15-5-4-10-20-17(15)23-3;/h4-10H,11-13H2,1-3H3,(H2,19,21,22);1H. The minimum atomic E-state index is 0. The van der Waals surface area contributed by atoms with E-state index >= 15 is 0 Å². The zero-order chi connectivity index (χ0) is 17.2. The van der Waals surface area contributed by atoms with Gasteiger partial charge in [0, 0.05) is 25.4 Å². The van der Waals surface area contributed by atoms with Gasteiger partial charge in [0.1, 0.15) is 12.4 Å². The number of hydrogen-bond acceptors (Lipinski definition) is 4. The van der Waals surface area contributed by atoms with E-state index in [9.17, 15) is 0 Å². The van der Waals surface area contributed by atoms with Crippen molar-refractivity contribution < 1.29 is 9.47 Å². The van der Waals surface area contributed by atoms with Gasteiger partial charge in [0.15, 0.2) is 5.96 Å². The van der Waals surface area contributed by atoms with Crippen LogP contribution in [0.15, 0.2) is 47.6 Å². The van der Waals surface area contributed by atoms with Crippen molar-refractivity contribution in [3.05, 3.63) is 53.7 Å². The van der Waals surface area contributed by atoms with Crippen molar-refractivity contribution in [2.45, 2.75) is 13.5 Å². The minimum absolute atomic E-state index is 0. The van der Waals surface area contributed by atoms with Gasteiger partial charge in [-0.3, -0.25) is 4.99 Å². The Morgan fingerprint density at radius 3 is 2.60 bits per heavy atom. The van der Waals surface area contributed by atoms with Crippen LogP contribution in [0.1, 0.15) is 11.1 Å². The van der Waals surface area contributed by atoms with Crippen molar-refractivity contribution in [3.8, 4) is 11.6 Å². The molecule has 0 saturated carbocycles. The van der Waals surface area contributed by atoms with Crippen LogP contribution in [0.4, 0.5) is 0 Å². The highest BCUT2D eigenvalue weighted by molar-refractivity contribution is 14.0. The van der Waals surface area contributed by atoms with Crippen molar-refractivity contribution >= 4 is 29.9 Å². The maximum Gasteiger partial charge on any atom is 0.218 e. The average molecular weight is 456 g/mol. The molecule has 0 fully saturated rings. The molecule has 0 atom stereocenters. The Kier molecular flexibility index (Phi) is 9.68. The summed E-state index contributed by atoms with van der Waals surface area (Å²) >= 11 is 0. The third-order valence-electron chi connectivity index (χ3n) is 3.40. The average Bonchev–Trinajstić information content (AvgIpc) is 2.63. The number of halogens is 1. The number of hydrogen-bond donors (Lipinski definition) is 2. The molecule has 7 heteroatoms. The second kappa shape index (κ2) is 11.5. The zero-order valence-electron chi connectivity index (χ0n) is 14.8. The normalized spacial score (nSPS) is 10.6. The van der Waals surface area contributed by atoms with Gasteiger partial charge >= 0.3 is 0 Å². The van der Waals surface area contributed by atoms with Gasteiger partial charge in [-0.15, -0.1) is 24.0 Å². The van der Waals surface area contributed by atoms with Gasteiger partial charge in [-0.2, -0.15) is 0 Å². The van der Waals surface area contributed by atoms with Crippen LogP contribution in [0.5, 0.6) is 11.6 Å². The summed E-state index contributed by atoms with van der Waals surface area (Å²) in [4.78, 5) is 8.37. The van der Waals surface area contributed by atoms with Gasteiger partial charge in [-0.1, -0.05) is 23.8 Å². The highest BCUT2D eigenvalue weighted by Gasteiger charge is 2.04. The van der Waals surface area contributed by atoms with Gasteiger partial charge in [0.05, 0.1) is 13.7 Å². The fourth-order valence-corrected chi connectivity index (χ4v) is 2.11. The Balaban J connectivity index is 0.00000312. The van der Waals surface area contributed by atoms with Crippen LogP contribution in [-0.4, -0.2) is 38.3 Å². The maximum atomic E-state index is 5.68. The summed E-state index contributed by atoms with van der Waals surface area (Å²) in [6.45, 7) is 3.84. The molecule has 0 radical (unpaired) electrons. The highest BCUT2D eigenvalue weighted by Crippen LogP contribution is 2.12.